The van der Waals surface area contributed by atoms with E-state index in [9.17, 15) is 9.59 Å². The lowest BCUT2D eigenvalue weighted by Crippen LogP contribution is -2.37. The van der Waals surface area contributed by atoms with E-state index < -0.39 is 0 Å². The van der Waals surface area contributed by atoms with Crippen molar-refractivity contribution >= 4 is 11.8 Å². The summed E-state index contributed by atoms with van der Waals surface area (Å²) in [5.41, 5.74) is 3.29. The highest BCUT2D eigenvalue weighted by atomic mass is 16.7. The van der Waals surface area contributed by atoms with Crippen molar-refractivity contribution in [3.8, 4) is 39.9 Å². The highest BCUT2D eigenvalue weighted by molar-refractivity contribution is 6.00. The maximum atomic E-state index is 14.2. The largest absolute Gasteiger partial charge is 0.492 e. The third kappa shape index (κ3) is 6.62. The van der Waals surface area contributed by atoms with Gasteiger partial charge in [-0.1, -0.05) is 47.6 Å². The van der Waals surface area contributed by atoms with Gasteiger partial charge >= 0.3 is 0 Å². The predicted octanol–water partition coefficient (Wildman–Crippen LogP) is 6.09. The second-order valence-corrected chi connectivity index (χ2v) is 11.9. The van der Waals surface area contributed by atoms with Gasteiger partial charge in [0.25, 0.3) is 11.8 Å². The number of hydrogen-bond acceptors (Lipinski definition) is 8. The van der Waals surface area contributed by atoms with Gasteiger partial charge in [0.2, 0.25) is 6.79 Å². The Morgan fingerprint density at radius 2 is 1.50 bits per heavy atom. The number of carbonyl (C=O) groups excluding carboxylic acids is 2. The Morgan fingerprint density at radius 3 is 2.35 bits per heavy atom. The van der Waals surface area contributed by atoms with Gasteiger partial charge in [0.05, 0.1) is 6.54 Å². The Morgan fingerprint density at radius 1 is 0.729 bits per heavy atom. The summed E-state index contributed by atoms with van der Waals surface area (Å²) < 4.78 is 24.8. The van der Waals surface area contributed by atoms with E-state index in [0.717, 1.165) is 17.0 Å². The molecule has 0 radical (unpaired) electrons. The summed E-state index contributed by atoms with van der Waals surface area (Å²) in [7, 11) is 0. The molecule has 2 amide bonds. The number of ether oxygens (including phenoxy) is 3. The van der Waals surface area contributed by atoms with E-state index >= 15 is 0 Å². The molecule has 2 aromatic heterocycles. The van der Waals surface area contributed by atoms with E-state index in [1.54, 1.807) is 36.2 Å². The molecule has 3 aromatic carbocycles. The smallest absolute Gasteiger partial charge is 0.259 e. The normalized spacial score (nSPS) is 15.4. The van der Waals surface area contributed by atoms with Crippen LogP contribution in [0.4, 0.5) is 0 Å². The average Bonchev–Trinajstić information content (AvgIpc) is 3.88. The number of benzene rings is 3. The molecule has 0 spiro atoms. The first kappa shape index (κ1) is 31.0. The molecular formula is C37H37N5O6. The Bertz CT molecular complexity index is 1900. The van der Waals surface area contributed by atoms with Crippen LogP contribution in [0.1, 0.15) is 45.7 Å². The van der Waals surface area contributed by atoms with Crippen LogP contribution in [-0.2, 0) is 6.54 Å². The van der Waals surface area contributed by atoms with Gasteiger partial charge in [-0.05, 0) is 56.5 Å². The molecule has 0 atom stereocenters. The molecule has 0 unspecified atom stereocenters. The molecule has 0 saturated carbocycles. The molecule has 4 heterocycles. The summed E-state index contributed by atoms with van der Waals surface area (Å²) >= 11 is 0. The number of nitrogens with zero attached hydrogens (tertiary/aromatic N) is 5. The second kappa shape index (κ2) is 14.0. The maximum absolute atomic E-state index is 14.2. The first-order valence-electron chi connectivity index (χ1n) is 16.3. The fraction of sp³-hybridized carbons (Fsp3) is 0.297. The zero-order chi connectivity index (χ0) is 32.9. The van der Waals surface area contributed by atoms with Gasteiger partial charge in [-0.15, -0.1) is 0 Å². The molecule has 5 aromatic rings. The topological polar surface area (TPSA) is 112 Å². The monoisotopic (exact) mass is 647 g/mol. The van der Waals surface area contributed by atoms with E-state index in [-0.39, 0.29) is 18.6 Å². The molecule has 48 heavy (non-hydrogen) atoms. The minimum Gasteiger partial charge on any atom is -0.492 e. The highest BCUT2D eigenvalue weighted by Crippen LogP contribution is 2.33. The molecule has 11 heteroatoms. The number of rotatable bonds is 3. The van der Waals surface area contributed by atoms with Gasteiger partial charge in [-0.2, -0.15) is 0 Å². The fourth-order valence-corrected chi connectivity index (χ4v) is 6.20. The molecular weight excluding hydrogens is 610 g/mol. The maximum Gasteiger partial charge on any atom is 0.259 e. The van der Waals surface area contributed by atoms with Crippen LogP contribution >= 0.6 is 0 Å². The first-order chi connectivity index (χ1) is 23.5. The Labute approximate surface area is 278 Å². The van der Waals surface area contributed by atoms with Crippen LogP contribution in [0.3, 0.4) is 0 Å². The average molecular weight is 648 g/mol. The van der Waals surface area contributed by atoms with Crippen molar-refractivity contribution in [1.82, 2.24) is 24.5 Å². The lowest BCUT2D eigenvalue weighted by Gasteiger charge is -2.25. The SMILES string of the molecule is Cc1onc(-c2ccccc2)c1C(=O)N1CCCCN(C(=O)c2ccc3c(c2)OCO3)CCOc2cccc(c2)-c2nccn2CCC1. The van der Waals surface area contributed by atoms with Crippen LogP contribution in [-0.4, -0.2) is 75.9 Å². The van der Waals surface area contributed by atoms with Crippen molar-refractivity contribution in [3.05, 3.63) is 102 Å². The van der Waals surface area contributed by atoms with Gasteiger partial charge in [0.15, 0.2) is 11.5 Å². The van der Waals surface area contributed by atoms with Gasteiger partial charge < -0.3 is 33.1 Å². The zero-order valence-electron chi connectivity index (χ0n) is 26.8. The zero-order valence-corrected chi connectivity index (χ0v) is 26.8. The van der Waals surface area contributed by atoms with Gasteiger partial charge in [-0.25, -0.2) is 4.98 Å². The number of fused-ring (bicyclic) bond motifs is 5. The molecule has 0 N–H and O–H groups in total. The van der Waals surface area contributed by atoms with E-state index in [1.807, 2.05) is 65.7 Å². The summed E-state index contributed by atoms with van der Waals surface area (Å²) in [5, 5.41) is 4.26. The van der Waals surface area contributed by atoms with Crippen LogP contribution in [0.25, 0.3) is 22.6 Å². The summed E-state index contributed by atoms with van der Waals surface area (Å²) in [6.45, 7) is 4.82. The molecule has 246 valence electrons. The van der Waals surface area contributed by atoms with Crippen molar-refractivity contribution in [2.75, 3.05) is 39.6 Å². The summed E-state index contributed by atoms with van der Waals surface area (Å²) in [6, 6.07) is 22.7. The van der Waals surface area contributed by atoms with Crippen LogP contribution in [0.15, 0.2) is 89.7 Å². The predicted molar refractivity (Wildman–Crippen MR) is 178 cm³/mol. The van der Waals surface area contributed by atoms with Crippen LogP contribution in [0, 0.1) is 6.92 Å². The Kier molecular flexibility index (Phi) is 9.08. The summed E-state index contributed by atoms with van der Waals surface area (Å²) in [5.74, 6) is 2.96. The van der Waals surface area contributed by atoms with E-state index in [0.29, 0.717) is 98.4 Å². The number of hydrogen-bond donors (Lipinski definition) is 0. The van der Waals surface area contributed by atoms with Gasteiger partial charge in [-0.3, -0.25) is 9.59 Å². The van der Waals surface area contributed by atoms with Gasteiger partial charge in [0.1, 0.15) is 35.2 Å². The van der Waals surface area contributed by atoms with E-state index in [4.69, 9.17) is 18.7 Å². The number of carbonyl (C=O) groups is 2. The number of amides is 2. The number of aryl methyl sites for hydroxylation is 2. The number of imidazole rings is 1. The van der Waals surface area contributed by atoms with Crippen molar-refractivity contribution in [2.45, 2.75) is 32.7 Å². The first-order valence-corrected chi connectivity index (χ1v) is 16.3. The molecule has 2 aliphatic heterocycles. The van der Waals surface area contributed by atoms with Crippen LogP contribution in [0.2, 0.25) is 0 Å². The molecule has 2 aliphatic rings. The number of aromatic nitrogens is 3. The van der Waals surface area contributed by atoms with E-state index in [1.165, 1.54) is 0 Å². The van der Waals surface area contributed by atoms with Crippen LogP contribution < -0.4 is 14.2 Å². The van der Waals surface area contributed by atoms with Crippen molar-refractivity contribution in [1.29, 1.82) is 0 Å². The van der Waals surface area contributed by atoms with Gasteiger partial charge in [0, 0.05) is 55.3 Å². The third-order valence-electron chi connectivity index (χ3n) is 8.69. The Balaban J connectivity index is 1.16. The molecule has 0 fully saturated rings. The fourth-order valence-electron chi connectivity index (χ4n) is 6.20. The Hall–Kier alpha value is -5.58. The minimum absolute atomic E-state index is 0.119. The summed E-state index contributed by atoms with van der Waals surface area (Å²) in [6.07, 6.45) is 5.84. The minimum atomic E-state index is -0.120. The molecule has 0 aliphatic carbocycles. The lowest BCUT2D eigenvalue weighted by molar-refractivity contribution is 0.0704. The lowest BCUT2D eigenvalue weighted by atomic mass is 10.0. The standard InChI is InChI=1S/C37H37N5O6/c1-26-33(34(39-48-26)27-9-3-2-4-10-27)37(44)41-16-5-6-17-42(36(43)29-13-14-31-32(24-29)47-25-46-31)21-22-45-30-12-7-11-28(23-30)35-38-15-20-40(35)18-8-19-41/h2-4,7,9-15,20,23-24H,5-6,8,16-19,21-22,25H2,1H3. The van der Waals surface area contributed by atoms with E-state index in [2.05, 4.69) is 14.7 Å². The molecule has 7 rings (SSSR count). The molecule has 11 nitrogen and oxygen atoms in total. The second-order valence-electron chi connectivity index (χ2n) is 11.9. The highest BCUT2D eigenvalue weighted by Gasteiger charge is 2.27. The quantitative estimate of drug-likeness (QED) is 0.231. The molecule has 2 bridgehead atoms. The van der Waals surface area contributed by atoms with Crippen molar-refractivity contribution in [3.63, 3.8) is 0 Å². The van der Waals surface area contributed by atoms with Crippen molar-refractivity contribution < 1.29 is 28.3 Å². The summed E-state index contributed by atoms with van der Waals surface area (Å²) in [4.78, 5) is 36.3. The van der Waals surface area contributed by atoms with Crippen molar-refractivity contribution in [2.24, 2.45) is 0 Å². The molecule has 0 saturated heterocycles. The van der Waals surface area contributed by atoms with Crippen LogP contribution in [0.5, 0.6) is 17.2 Å². The third-order valence-corrected chi connectivity index (χ3v) is 8.69.